The summed E-state index contributed by atoms with van der Waals surface area (Å²) >= 11 is 0. The Labute approximate surface area is 296 Å². The molecule has 3 aromatic carbocycles. The van der Waals surface area contributed by atoms with E-state index in [1.165, 1.54) is 0 Å². The number of hydrogen-bond acceptors (Lipinski definition) is 9. The highest BCUT2D eigenvalue weighted by Crippen LogP contribution is 2.75. The third kappa shape index (κ3) is 5.12. The minimum atomic E-state index is -2.27. The number of benzene rings is 3. The van der Waals surface area contributed by atoms with Crippen LogP contribution in [0.3, 0.4) is 0 Å². The number of ether oxygens (including phenoxy) is 3. The summed E-state index contributed by atoms with van der Waals surface area (Å²) in [4.78, 5) is 55.6. The quantitative estimate of drug-likeness (QED) is 0.180. The van der Waals surface area contributed by atoms with E-state index in [0.29, 0.717) is 16.7 Å². The maximum atomic E-state index is 15.3. The van der Waals surface area contributed by atoms with Gasteiger partial charge in [-0.15, -0.1) is 0 Å². The van der Waals surface area contributed by atoms with Crippen LogP contribution in [0.2, 0.25) is 0 Å². The van der Waals surface area contributed by atoms with Gasteiger partial charge in [0.2, 0.25) is 0 Å². The number of esters is 3. The fourth-order valence-corrected chi connectivity index (χ4v) is 9.52. The van der Waals surface area contributed by atoms with Gasteiger partial charge in [0.25, 0.3) is 0 Å². The molecule has 2 bridgehead atoms. The molecule has 0 amide bonds. The summed E-state index contributed by atoms with van der Waals surface area (Å²) in [5.74, 6) is -4.47. The monoisotopic (exact) mass is 690 g/mol. The number of ketones is 1. The van der Waals surface area contributed by atoms with Crippen LogP contribution in [0.25, 0.3) is 0 Å². The predicted molar refractivity (Wildman–Crippen MR) is 186 cm³/mol. The van der Waals surface area contributed by atoms with Crippen molar-refractivity contribution in [3.8, 4) is 0 Å². The van der Waals surface area contributed by atoms with Crippen LogP contribution in [0.15, 0.2) is 114 Å². The molecule has 0 saturated heterocycles. The number of fused-ring (bicyclic) bond motifs is 3. The maximum absolute atomic E-state index is 15.3. The topological polar surface area (TPSA) is 136 Å². The van der Waals surface area contributed by atoms with Crippen molar-refractivity contribution >= 4 is 23.7 Å². The molecule has 9 nitrogen and oxygen atoms in total. The molecule has 4 aliphatic carbocycles. The van der Waals surface area contributed by atoms with E-state index in [-0.39, 0.29) is 30.8 Å². The van der Waals surface area contributed by atoms with Crippen molar-refractivity contribution in [2.24, 2.45) is 28.6 Å². The van der Waals surface area contributed by atoms with Gasteiger partial charge in [-0.2, -0.15) is 0 Å². The zero-order valence-corrected chi connectivity index (χ0v) is 29.1. The first-order chi connectivity index (χ1) is 24.3. The fraction of sp³-hybridized carbons (Fsp3) is 0.381. The van der Waals surface area contributed by atoms with Crippen LogP contribution in [0.1, 0.15) is 60.4 Å². The van der Waals surface area contributed by atoms with Gasteiger partial charge in [-0.3, -0.25) is 9.59 Å². The van der Waals surface area contributed by atoms with Crippen molar-refractivity contribution in [2.45, 2.75) is 63.9 Å². The summed E-state index contributed by atoms with van der Waals surface area (Å²) in [6.07, 6.45) is 0.467. The van der Waals surface area contributed by atoms with Gasteiger partial charge in [-0.05, 0) is 67.2 Å². The smallest absolute Gasteiger partial charge is 0.338 e. The van der Waals surface area contributed by atoms with Gasteiger partial charge in [-0.25, -0.2) is 9.59 Å². The minimum Gasteiger partial charge on any atom is -0.461 e. The first-order valence-corrected chi connectivity index (χ1v) is 17.4. The van der Waals surface area contributed by atoms with E-state index in [4.69, 9.17) is 14.2 Å². The Kier molecular flexibility index (Phi) is 8.42. The molecule has 2 saturated carbocycles. The molecule has 9 heteroatoms. The normalized spacial score (nSPS) is 34.8. The Morgan fingerprint density at radius 1 is 0.843 bits per heavy atom. The number of allylic oxidation sites excluding steroid dienone is 1. The van der Waals surface area contributed by atoms with E-state index < -0.39 is 69.9 Å². The zero-order valence-electron chi connectivity index (χ0n) is 29.1. The SMILES string of the molecule is CC1=C[C@@H]2C(=O)[C@]3(C=C(C)[C@@H](OC(=O)c4ccccc4)[C@@]3(O)[C@@H]1O)[C@H](C)C[C@@]1(OC(=O)Cc3ccccc3)[C@@H]2[C@]1(C)COC(=O)c1ccccc1. The van der Waals surface area contributed by atoms with Crippen molar-refractivity contribution in [3.63, 3.8) is 0 Å². The number of carbonyl (C=O) groups excluding carboxylic acids is 4. The lowest BCUT2D eigenvalue weighted by Gasteiger charge is -2.49. The molecule has 7 rings (SSSR count). The van der Waals surface area contributed by atoms with E-state index in [0.717, 1.165) is 5.56 Å². The van der Waals surface area contributed by atoms with Gasteiger partial charge < -0.3 is 24.4 Å². The highest BCUT2D eigenvalue weighted by Gasteiger charge is 2.85. The number of Topliss-reactive ketones (excluding diaryl/α,β-unsaturated/α-hetero) is 1. The van der Waals surface area contributed by atoms with Crippen molar-refractivity contribution in [1.29, 1.82) is 0 Å². The number of aliphatic hydroxyl groups is 2. The average molecular weight is 691 g/mol. The van der Waals surface area contributed by atoms with Crippen LogP contribution in [0, 0.1) is 28.6 Å². The van der Waals surface area contributed by atoms with Gasteiger partial charge in [0.15, 0.2) is 17.5 Å². The van der Waals surface area contributed by atoms with Gasteiger partial charge in [0.05, 0.1) is 23.0 Å². The number of rotatable bonds is 8. The van der Waals surface area contributed by atoms with Crippen molar-refractivity contribution in [1.82, 2.24) is 0 Å². The van der Waals surface area contributed by atoms with Crippen LogP contribution < -0.4 is 0 Å². The largest absolute Gasteiger partial charge is 0.461 e. The van der Waals surface area contributed by atoms with Crippen molar-refractivity contribution in [3.05, 3.63) is 131 Å². The number of hydrogen-bond donors (Lipinski definition) is 2. The fourth-order valence-electron chi connectivity index (χ4n) is 9.52. The Morgan fingerprint density at radius 2 is 1.41 bits per heavy atom. The average Bonchev–Trinajstić information content (AvgIpc) is 3.57. The molecular weight excluding hydrogens is 648 g/mol. The van der Waals surface area contributed by atoms with E-state index in [9.17, 15) is 24.6 Å². The van der Waals surface area contributed by atoms with Crippen LogP contribution in [0.4, 0.5) is 0 Å². The first-order valence-electron chi connectivity index (χ1n) is 17.4. The molecule has 0 aromatic heterocycles. The second kappa shape index (κ2) is 12.4. The summed E-state index contributed by atoms with van der Waals surface area (Å²) in [6, 6.07) is 26.1. The van der Waals surface area contributed by atoms with E-state index in [2.05, 4.69) is 0 Å². The number of aliphatic hydroxyl groups excluding tert-OH is 1. The molecule has 2 N–H and O–H groups in total. The lowest BCUT2D eigenvalue weighted by Crippen LogP contribution is -2.65. The molecule has 0 unspecified atom stereocenters. The summed E-state index contributed by atoms with van der Waals surface area (Å²) in [6.45, 7) is 6.83. The minimum absolute atomic E-state index is 0.0125. The van der Waals surface area contributed by atoms with Gasteiger partial charge >= 0.3 is 17.9 Å². The molecule has 1 spiro atoms. The van der Waals surface area contributed by atoms with Crippen LogP contribution in [-0.4, -0.2) is 63.9 Å². The molecule has 9 atom stereocenters. The lowest BCUT2D eigenvalue weighted by molar-refractivity contribution is -0.191. The van der Waals surface area contributed by atoms with Crippen molar-refractivity contribution in [2.75, 3.05) is 6.61 Å². The van der Waals surface area contributed by atoms with Gasteiger partial charge in [0, 0.05) is 17.3 Å². The first kappa shape index (κ1) is 34.6. The Morgan fingerprint density at radius 3 is 2.02 bits per heavy atom. The molecule has 3 aromatic rings. The standard InChI is InChI=1S/C42H42O9/c1-25-20-31-33-39(4,24-49-37(46)29-16-10-6-11-17-29)41(33,51-32(43)21-28-14-8-5-9-15-28)23-27(3)40(35(31)45)22-26(2)36(42(40,48)34(25)44)50-38(47)30-18-12-7-13-19-30/h5-20,22,27,31,33-34,36,44,48H,21,23-24H2,1-4H3/t27-,31+,33+,34-,36-,39+,40+,41-,42+/m1/s1. The maximum Gasteiger partial charge on any atom is 0.338 e. The van der Waals surface area contributed by atoms with Gasteiger partial charge in [-0.1, -0.05) is 92.7 Å². The Bertz CT molecular complexity index is 1940. The third-order valence-electron chi connectivity index (χ3n) is 12.0. The molecule has 2 fully saturated rings. The lowest BCUT2D eigenvalue weighted by atomic mass is 9.59. The van der Waals surface area contributed by atoms with E-state index in [1.54, 1.807) is 93.6 Å². The van der Waals surface area contributed by atoms with E-state index >= 15 is 4.79 Å². The van der Waals surface area contributed by atoms with E-state index in [1.807, 2.05) is 37.3 Å². The van der Waals surface area contributed by atoms with Crippen LogP contribution in [-0.2, 0) is 30.2 Å². The Balaban J connectivity index is 1.30. The van der Waals surface area contributed by atoms with Gasteiger partial charge in [0.1, 0.15) is 18.3 Å². The predicted octanol–water partition coefficient (Wildman–Crippen LogP) is 5.45. The Hall–Kier alpha value is -4.86. The third-order valence-corrected chi connectivity index (χ3v) is 12.0. The molecule has 51 heavy (non-hydrogen) atoms. The second-order valence-corrected chi connectivity index (χ2v) is 14.9. The highest BCUT2D eigenvalue weighted by atomic mass is 16.6. The molecule has 0 aliphatic heterocycles. The number of carbonyl (C=O) groups is 4. The molecule has 4 aliphatic rings. The zero-order chi connectivity index (χ0) is 36.3. The highest BCUT2D eigenvalue weighted by molar-refractivity contribution is 5.96. The molecule has 264 valence electrons. The summed E-state index contributed by atoms with van der Waals surface area (Å²) in [5.41, 5.74) is -4.14. The summed E-state index contributed by atoms with van der Waals surface area (Å²) in [7, 11) is 0. The molecular formula is C42H42O9. The van der Waals surface area contributed by atoms with Crippen LogP contribution >= 0.6 is 0 Å². The van der Waals surface area contributed by atoms with Crippen LogP contribution in [0.5, 0.6) is 0 Å². The molecule has 0 radical (unpaired) electrons. The molecule has 0 heterocycles. The van der Waals surface area contributed by atoms with Crippen molar-refractivity contribution < 1.29 is 43.6 Å². The summed E-state index contributed by atoms with van der Waals surface area (Å²) in [5, 5.41) is 24.9. The summed E-state index contributed by atoms with van der Waals surface area (Å²) < 4.78 is 18.4. The second-order valence-electron chi connectivity index (χ2n) is 14.9.